The van der Waals surface area contributed by atoms with Crippen molar-refractivity contribution in [3.05, 3.63) is 0 Å². The van der Waals surface area contributed by atoms with Crippen molar-refractivity contribution in [1.82, 2.24) is 0 Å². The minimum Gasteiger partial charge on any atom is -0.462 e. The van der Waals surface area contributed by atoms with Gasteiger partial charge >= 0.3 is 5.97 Å². The second-order valence-corrected chi connectivity index (χ2v) is 4.34. The molecule has 76 valence electrons. The van der Waals surface area contributed by atoms with E-state index in [9.17, 15) is 4.79 Å². The topological polar surface area (TPSA) is 26.3 Å². The normalized spacial score (nSPS) is 28.9. The van der Waals surface area contributed by atoms with Crippen LogP contribution in [0.1, 0.15) is 46.5 Å². The van der Waals surface area contributed by atoms with Crippen LogP contribution in [0, 0.1) is 11.8 Å². The maximum absolute atomic E-state index is 10.9. The minimum absolute atomic E-state index is 0.127. The van der Waals surface area contributed by atoms with Crippen molar-refractivity contribution in [2.45, 2.75) is 52.6 Å². The molecule has 0 bridgehead atoms. The summed E-state index contributed by atoms with van der Waals surface area (Å²) in [6.45, 7) is 5.94. The maximum atomic E-state index is 10.9. The van der Waals surface area contributed by atoms with Crippen LogP contribution in [-0.4, -0.2) is 12.1 Å². The van der Waals surface area contributed by atoms with Gasteiger partial charge in [-0.3, -0.25) is 4.79 Å². The number of ether oxygens (including phenoxy) is 1. The Kier molecular flexibility index (Phi) is 3.76. The second kappa shape index (κ2) is 4.64. The van der Waals surface area contributed by atoms with Crippen LogP contribution in [0.4, 0.5) is 0 Å². The molecule has 1 aliphatic rings. The van der Waals surface area contributed by atoms with Crippen molar-refractivity contribution in [2.75, 3.05) is 0 Å². The molecule has 0 heterocycles. The van der Waals surface area contributed by atoms with Crippen molar-refractivity contribution >= 4 is 5.97 Å². The predicted octanol–water partition coefficient (Wildman–Crippen LogP) is 2.76. The molecular formula is C11H20O2. The van der Waals surface area contributed by atoms with Gasteiger partial charge in [-0.15, -0.1) is 0 Å². The summed E-state index contributed by atoms with van der Waals surface area (Å²) in [5.41, 5.74) is 0. The summed E-state index contributed by atoms with van der Waals surface area (Å²) < 4.78 is 5.33. The van der Waals surface area contributed by atoms with E-state index in [4.69, 9.17) is 4.74 Å². The number of rotatable bonds is 2. The fraction of sp³-hybridized carbons (Fsp3) is 0.909. The summed E-state index contributed by atoms with van der Waals surface area (Å²) in [6, 6.07) is 0. The van der Waals surface area contributed by atoms with E-state index in [0.717, 1.165) is 6.42 Å². The van der Waals surface area contributed by atoms with Crippen molar-refractivity contribution in [1.29, 1.82) is 0 Å². The first-order chi connectivity index (χ1) is 6.11. The smallest absolute Gasteiger partial charge is 0.302 e. The molecule has 0 unspecified atom stereocenters. The molecule has 0 spiro atoms. The Morgan fingerprint density at radius 2 is 1.92 bits per heavy atom. The van der Waals surface area contributed by atoms with E-state index in [-0.39, 0.29) is 12.1 Å². The van der Waals surface area contributed by atoms with Gasteiger partial charge in [0.2, 0.25) is 0 Å². The van der Waals surface area contributed by atoms with Crippen LogP contribution >= 0.6 is 0 Å². The van der Waals surface area contributed by atoms with Gasteiger partial charge in [0, 0.05) is 6.92 Å². The van der Waals surface area contributed by atoms with E-state index in [1.54, 1.807) is 0 Å². The summed E-state index contributed by atoms with van der Waals surface area (Å²) >= 11 is 0. The molecule has 1 fully saturated rings. The first-order valence-corrected chi connectivity index (χ1v) is 5.28. The van der Waals surface area contributed by atoms with Gasteiger partial charge in [-0.2, -0.15) is 0 Å². The lowest BCUT2D eigenvalue weighted by molar-refractivity contribution is -0.151. The third kappa shape index (κ3) is 3.02. The first kappa shape index (κ1) is 10.6. The molecule has 0 aliphatic heterocycles. The maximum Gasteiger partial charge on any atom is 0.302 e. The molecule has 0 aromatic heterocycles. The molecule has 2 heteroatoms. The molecule has 0 aromatic carbocycles. The van der Waals surface area contributed by atoms with E-state index >= 15 is 0 Å². The molecule has 13 heavy (non-hydrogen) atoms. The Labute approximate surface area is 80.7 Å². The van der Waals surface area contributed by atoms with E-state index in [0.29, 0.717) is 11.8 Å². The highest BCUT2D eigenvalue weighted by atomic mass is 16.5. The molecule has 0 N–H and O–H groups in total. The number of carbonyl (C=O) groups excluding carboxylic acids is 1. The quantitative estimate of drug-likeness (QED) is 0.617. The Bertz CT molecular complexity index is 175. The zero-order chi connectivity index (χ0) is 9.84. The van der Waals surface area contributed by atoms with Gasteiger partial charge in [0.05, 0.1) is 0 Å². The molecule has 2 nitrogen and oxygen atoms in total. The lowest BCUT2D eigenvalue weighted by atomic mass is 9.79. The Hall–Kier alpha value is -0.530. The van der Waals surface area contributed by atoms with Gasteiger partial charge < -0.3 is 4.74 Å². The molecule has 0 radical (unpaired) electrons. The van der Waals surface area contributed by atoms with Crippen molar-refractivity contribution < 1.29 is 9.53 Å². The molecule has 1 aliphatic carbocycles. The molecule has 0 saturated heterocycles. The van der Waals surface area contributed by atoms with Gasteiger partial charge in [-0.25, -0.2) is 0 Å². The summed E-state index contributed by atoms with van der Waals surface area (Å²) in [5, 5.41) is 0. The zero-order valence-electron chi connectivity index (χ0n) is 8.88. The van der Waals surface area contributed by atoms with Crippen molar-refractivity contribution in [3.63, 3.8) is 0 Å². The van der Waals surface area contributed by atoms with Crippen LogP contribution in [0.5, 0.6) is 0 Å². The average Bonchev–Trinajstić information content (AvgIpc) is 2.03. The average molecular weight is 184 g/mol. The predicted molar refractivity (Wildman–Crippen MR) is 52.4 cm³/mol. The number of hydrogen-bond acceptors (Lipinski definition) is 2. The number of esters is 1. The van der Waals surface area contributed by atoms with E-state index < -0.39 is 0 Å². The molecule has 0 amide bonds. The van der Waals surface area contributed by atoms with Crippen molar-refractivity contribution in [3.8, 4) is 0 Å². The summed E-state index contributed by atoms with van der Waals surface area (Å²) in [4.78, 5) is 10.9. The van der Waals surface area contributed by atoms with Gasteiger partial charge in [0.15, 0.2) is 0 Å². The van der Waals surface area contributed by atoms with Crippen LogP contribution in [-0.2, 0) is 9.53 Å². The van der Waals surface area contributed by atoms with E-state index in [1.807, 2.05) is 0 Å². The molecule has 2 atom stereocenters. The highest BCUT2D eigenvalue weighted by Gasteiger charge is 2.29. The largest absolute Gasteiger partial charge is 0.462 e. The van der Waals surface area contributed by atoms with Crippen LogP contribution in [0.2, 0.25) is 0 Å². The summed E-state index contributed by atoms with van der Waals surface area (Å²) in [7, 11) is 0. The number of hydrogen-bond donors (Lipinski definition) is 0. The highest BCUT2D eigenvalue weighted by molar-refractivity contribution is 5.66. The first-order valence-electron chi connectivity index (χ1n) is 5.28. The van der Waals surface area contributed by atoms with Gasteiger partial charge in [-0.05, 0) is 31.1 Å². The Balaban J connectivity index is 2.51. The van der Waals surface area contributed by atoms with Crippen molar-refractivity contribution in [2.24, 2.45) is 11.8 Å². The third-order valence-corrected chi connectivity index (χ3v) is 2.93. The second-order valence-electron chi connectivity index (χ2n) is 4.34. The monoisotopic (exact) mass is 184 g/mol. The van der Waals surface area contributed by atoms with Crippen LogP contribution in [0.15, 0.2) is 0 Å². The van der Waals surface area contributed by atoms with Crippen LogP contribution in [0.3, 0.4) is 0 Å². The minimum atomic E-state index is -0.127. The lowest BCUT2D eigenvalue weighted by Gasteiger charge is -2.33. The number of carbonyl (C=O) groups is 1. The van der Waals surface area contributed by atoms with Gasteiger partial charge in [0.25, 0.3) is 0 Å². The van der Waals surface area contributed by atoms with Crippen LogP contribution < -0.4 is 0 Å². The molecule has 1 rings (SSSR count). The standard InChI is InChI=1S/C11H20O2/c1-8(2)10-6-4-5-7-11(10)13-9(3)12/h8,10-11H,4-7H2,1-3H3/t10-,11-/m1/s1. The lowest BCUT2D eigenvalue weighted by Crippen LogP contribution is -2.32. The van der Waals surface area contributed by atoms with E-state index in [2.05, 4.69) is 13.8 Å². The third-order valence-electron chi connectivity index (χ3n) is 2.93. The van der Waals surface area contributed by atoms with Crippen LogP contribution in [0.25, 0.3) is 0 Å². The fourth-order valence-corrected chi connectivity index (χ4v) is 2.25. The Morgan fingerprint density at radius 1 is 1.31 bits per heavy atom. The van der Waals surface area contributed by atoms with E-state index in [1.165, 1.54) is 26.2 Å². The SMILES string of the molecule is CC(=O)O[C@@H]1CCCC[C@@H]1C(C)C. The highest BCUT2D eigenvalue weighted by Crippen LogP contribution is 2.32. The van der Waals surface area contributed by atoms with Gasteiger partial charge in [0.1, 0.15) is 6.10 Å². The molecule has 1 saturated carbocycles. The summed E-state index contributed by atoms with van der Waals surface area (Å²) in [5.74, 6) is 1.08. The Morgan fingerprint density at radius 3 is 2.46 bits per heavy atom. The van der Waals surface area contributed by atoms with Gasteiger partial charge in [-0.1, -0.05) is 20.3 Å². The molecular weight excluding hydrogens is 164 g/mol. The molecule has 0 aromatic rings. The fourth-order valence-electron chi connectivity index (χ4n) is 2.25. The zero-order valence-corrected chi connectivity index (χ0v) is 8.88. The summed E-state index contributed by atoms with van der Waals surface area (Å²) in [6.07, 6.45) is 4.96.